The molecule has 5 rings (SSSR count). The standard InChI is InChI=1S/C24H25N7O4S/c1-14-10-17(31-35-14)13-36(32,33)18-5-7-22(34-3)20(12-18)24(25)26-9-8-23(28-24)27-16-4-6-19-15(2)29-30-21(19)11-16/h4-12,26H,13,25H2,1-3H3,(H,27,28)(H,29,30). The molecule has 1 aliphatic heterocycles. The van der Waals surface area contributed by atoms with Crippen LogP contribution in [0.4, 0.5) is 5.69 Å². The van der Waals surface area contributed by atoms with Crippen LogP contribution in [0.3, 0.4) is 0 Å². The molecule has 0 bridgehead atoms. The number of aryl methyl sites for hydroxylation is 2. The lowest BCUT2D eigenvalue weighted by molar-refractivity contribution is 0.359. The summed E-state index contributed by atoms with van der Waals surface area (Å²) in [5.41, 5.74) is 9.91. The van der Waals surface area contributed by atoms with Gasteiger partial charge in [0.15, 0.2) is 9.84 Å². The summed E-state index contributed by atoms with van der Waals surface area (Å²) in [5, 5.41) is 18.3. The summed E-state index contributed by atoms with van der Waals surface area (Å²) in [5.74, 6) is -0.417. The van der Waals surface area contributed by atoms with Gasteiger partial charge < -0.3 is 19.9 Å². The number of fused-ring (bicyclic) bond motifs is 1. The van der Waals surface area contributed by atoms with Crippen LogP contribution in [0.15, 0.2) is 69.2 Å². The van der Waals surface area contributed by atoms with Gasteiger partial charge in [0.1, 0.15) is 23.1 Å². The molecule has 5 N–H and O–H groups in total. The first-order valence-electron chi connectivity index (χ1n) is 11.0. The second-order valence-electron chi connectivity index (χ2n) is 8.49. The van der Waals surface area contributed by atoms with Gasteiger partial charge in [0, 0.05) is 23.3 Å². The molecule has 36 heavy (non-hydrogen) atoms. The highest BCUT2D eigenvalue weighted by atomic mass is 32.2. The lowest BCUT2D eigenvalue weighted by atomic mass is 10.1. The molecule has 1 aliphatic rings. The Morgan fingerprint density at radius 3 is 2.75 bits per heavy atom. The molecule has 186 valence electrons. The van der Waals surface area contributed by atoms with E-state index in [2.05, 4.69) is 31.0 Å². The van der Waals surface area contributed by atoms with E-state index < -0.39 is 15.6 Å². The van der Waals surface area contributed by atoms with Crippen molar-refractivity contribution in [3.8, 4) is 5.75 Å². The number of nitrogens with two attached hydrogens (primary N) is 1. The van der Waals surface area contributed by atoms with Crippen LogP contribution >= 0.6 is 0 Å². The number of amidine groups is 1. The summed E-state index contributed by atoms with van der Waals surface area (Å²) in [4.78, 5) is 4.70. The average Bonchev–Trinajstić information content (AvgIpc) is 3.42. The number of H-pyrrole nitrogens is 1. The molecule has 1 atom stereocenters. The number of methoxy groups -OCH3 is 1. The van der Waals surface area contributed by atoms with Gasteiger partial charge >= 0.3 is 0 Å². The number of aromatic nitrogens is 3. The van der Waals surface area contributed by atoms with Crippen molar-refractivity contribution in [2.45, 2.75) is 30.3 Å². The zero-order valence-electron chi connectivity index (χ0n) is 19.9. The van der Waals surface area contributed by atoms with Gasteiger partial charge in [-0.1, -0.05) is 5.16 Å². The van der Waals surface area contributed by atoms with E-state index in [0.717, 1.165) is 22.3 Å². The highest BCUT2D eigenvalue weighted by Gasteiger charge is 2.33. The minimum atomic E-state index is -3.75. The zero-order chi connectivity index (χ0) is 25.5. The first-order valence-corrected chi connectivity index (χ1v) is 12.7. The summed E-state index contributed by atoms with van der Waals surface area (Å²) in [6.45, 7) is 3.63. The normalized spacial score (nSPS) is 17.6. The van der Waals surface area contributed by atoms with Gasteiger partial charge in [0.2, 0.25) is 5.79 Å². The van der Waals surface area contributed by atoms with Crippen LogP contribution in [-0.4, -0.2) is 36.7 Å². The topological polar surface area (TPSA) is 161 Å². The van der Waals surface area contributed by atoms with Crippen molar-refractivity contribution in [1.29, 1.82) is 0 Å². The molecule has 11 nitrogen and oxygen atoms in total. The zero-order valence-corrected chi connectivity index (χ0v) is 20.7. The number of ether oxygens (including phenoxy) is 1. The first kappa shape index (κ1) is 23.6. The molecular weight excluding hydrogens is 482 g/mol. The van der Waals surface area contributed by atoms with E-state index in [-0.39, 0.29) is 10.6 Å². The molecule has 0 radical (unpaired) electrons. The number of hydrogen-bond donors (Lipinski definition) is 4. The van der Waals surface area contributed by atoms with Gasteiger partial charge in [-0.3, -0.25) is 10.8 Å². The van der Waals surface area contributed by atoms with Crippen LogP contribution in [0.25, 0.3) is 10.9 Å². The van der Waals surface area contributed by atoms with Gasteiger partial charge in [-0.15, -0.1) is 0 Å². The second kappa shape index (κ2) is 8.81. The summed E-state index contributed by atoms with van der Waals surface area (Å²) < 4.78 is 36.7. The van der Waals surface area contributed by atoms with Crippen LogP contribution in [0.2, 0.25) is 0 Å². The van der Waals surface area contributed by atoms with Crippen LogP contribution in [0.5, 0.6) is 5.75 Å². The van der Waals surface area contributed by atoms with E-state index in [0.29, 0.717) is 28.6 Å². The Morgan fingerprint density at radius 1 is 1.17 bits per heavy atom. The maximum atomic E-state index is 13.1. The number of nitrogens with one attached hydrogen (secondary N) is 3. The molecule has 2 aromatic carbocycles. The van der Waals surface area contributed by atoms with Crippen molar-refractivity contribution in [2.24, 2.45) is 10.7 Å². The molecule has 0 spiro atoms. The minimum Gasteiger partial charge on any atom is -0.496 e. The number of anilines is 1. The predicted octanol–water partition coefficient (Wildman–Crippen LogP) is 2.85. The maximum Gasteiger partial charge on any atom is 0.214 e. The third-order valence-electron chi connectivity index (χ3n) is 5.82. The second-order valence-corrected chi connectivity index (χ2v) is 10.5. The largest absolute Gasteiger partial charge is 0.496 e. The Labute approximate surface area is 207 Å². The van der Waals surface area contributed by atoms with Gasteiger partial charge in [0.25, 0.3) is 0 Å². The fourth-order valence-electron chi connectivity index (χ4n) is 4.04. The van der Waals surface area contributed by atoms with Crippen molar-refractivity contribution in [3.05, 3.63) is 77.5 Å². The van der Waals surface area contributed by atoms with E-state index in [1.54, 1.807) is 31.3 Å². The third-order valence-corrected chi connectivity index (χ3v) is 7.47. The fraction of sp³-hybridized carbons (Fsp3) is 0.208. The fourth-order valence-corrected chi connectivity index (χ4v) is 5.30. The SMILES string of the molecule is COc1ccc(S(=O)(=O)Cc2cc(C)on2)cc1C1(N)N=C(Nc2ccc3c(C)n[nH]c3c2)C=CN1. The predicted molar refractivity (Wildman–Crippen MR) is 135 cm³/mol. The minimum absolute atomic E-state index is 0.0601. The molecule has 0 fully saturated rings. The molecule has 0 saturated carbocycles. The molecule has 0 amide bonds. The number of hydrogen-bond acceptors (Lipinski definition) is 10. The number of aliphatic imine (C=N–C) groups is 1. The lowest BCUT2D eigenvalue weighted by Crippen LogP contribution is -2.49. The van der Waals surface area contributed by atoms with Crippen LogP contribution in [0, 0.1) is 13.8 Å². The van der Waals surface area contributed by atoms with Crippen molar-refractivity contribution >= 4 is 32.3 Å². The van der Waals surface area contributed by atoms with Crippen molar-refractivity contribution in [3.63, 3.8) is 0 Å². The quantitative estimate of drug-likeness (QED) is 0.307. The Balaban J connectivity index is 1.47. The molecule has 0 saturated heterocycles. The third kappa shape index (κ3) is 4.43. The Bertz CT molecular complexity index is 1620. The molecular formula is C24H25N7O4S. The molecule has 2 aromatic heterocycles. The number of rotatable bonds is 6. The lowest BCUT2D eigenvalue weighted by Gasteiger charge is -2.31. The molecule has 12 heteroatoms. The van der Waals surface area contributed by atoms with E-state index in [1.165, 1.54) is 19.2 Å². The Morgan fingerprint density at radius 2 is 2.00 bits per heavy atom. The number of benzene rings is 2. The van der Waals surface area contributed by atoms with Crippen molar-refractivity contribution in [2.75, 3.05) is 12.4 Å². The van der Waals surface area contributed by atoms with Gasteiger partial charge in [-0.2, -0.15) is 5.10 Å². The van der Waals surface area contributed by atoms with E-state index in [4.69, 9.17) is 15.0 Å². The van der Waals surface area contributed by atoms with Gasteiger partial charge in [0.05, 0.1) is 34.5 Å². The monoisotopic (exact) mass is 507 g/mol. The number of nitrogens with zero attached hydrogens (tertiary/aromatic N) is 3. The summed E-state index contributed by atoms with van der Waals surface area (Å²) >= 11 is 0. The molecule has 4 aromatic rings. The Kier molecular flexibility index (Phi) is 5.77. The van der Waals surface area contributed by atoms with E-state index in [1.807, 2.05) is 25.1 Å². The summed E-state index contributed by atoms with van der Waals surface area (Å²) in [7, 11) is -2.26. The van der Waals surface area contributed by atoms with E-state index >= 15 is 0 Å². The summed E-state index contributed by atoms with van der Waals surface area (Å²) in [6.07, 6.45) is 3.38. The molecule has 0 aliphatic carbocycles. The maximum absolute atomic E-state index is 13.1. The molecule has 3 heterocycles. The van der Waals surface area contributed by atoms with Crippen molar-refractivity contribution < 1.29 is 17.7 Å². The average molecular weight is 508 g/mol. The van der Waals surface area contributed by atoms with Crippen LogP contribution in [-0.2, 0) is 21.4 Å². The van der Waals surface area contributed by atoms with Gasteiger partial charge in [-0.25, -0.2) is 13.4 Å². The number of aromatic amines is 1. The van der Waals surface area contributed by atoms with Crippen LogP contribution < -0.4 is 21.1 Å². The Hall–Kier alpha value is -4.16. The van der Waals surface area contributed by atoms with Crippen LogP contribution in [0.1, 0.15) is 22.7 Å². The van der Waals surface area contributed by atoms with Gasteiger partial charge in [-0.05, 0) is 56.3 Å². The van der Waals surface area contributed by atoms with E-state index in [9.17, 15) is 8.42 Å². The summed E-state index contributed by atoms with van der Waals surface area (Å²) in [6, 6.07) is 11.9. The first-order chi connectivity index (χ1) is 17.2. The highest BCUT2D eigenvalue weighted by Crippen LogP contribution is 2.32. The highest BCUT2D eigenvalue weighted by molar-refractivity contribution is 7.90. The van der Waals surface area contributed by atoms with Crippen molar-refractivity contribution in [1.82, 2.24) is 20.7 Å². The smallest absolute Gasteiger partial charge is 0.214 e. The number of sulfone groups is 1. The molecule has 1 unspecified atom stereocenters.